The molecule has 0 bridgehead atoms. The Morgan fingerprint density at radius 1 is 0.917 bits per heavy atom. The first-order valence-electron chi connectivity index (χ1n) is 11.8. The van der Waals surface area contributed by atoms with Gasteiger partial charge in [-0.1, -0.05) is 30.3 Å². The first-order chi connectivity index (χ1) is 17.5. The molecule has 0 aliphatic carbocycles. The Kier molecular flexibility index (Phi) is 6.34. The fourth-order valence-electron chi connectivity index (χ4n) is 4.47. The number of anilines is 2. The maximum Gasteiger partial charge on any atom is 0.262 e. The molecule has 36 heavy (non-hydrogen) atoms. The van der Waals surface area contributed by atoms with Crippen molar-refractivity contribution < 1.29 is 18.7 Å². The smallest absolute Gasteiger partial charge is 0.262 e. The van der Waals surface area contributed by atoms with E-state index in [1.165, 1.54) is 12.1 Å². The summed E-state index contributed by atoms with van der Waals surface area (Å²) in [5.41, 5.74) is 5.85. The van der Waals surface area contributed by atoms with E-state index >= 15 is 0 Å². The Labute approximate surface area is 210 Å². The summed E-state index contributed by atoms with van der Waals surface area (Å²) in [4.78, 5) is 15.3. The van der Waals surface area contributed by atoms with Gasteiger partial charge in [-0.25, -0.2) is 4.39 Å². The molecule has 1 amide bonds. The molecule has 0 saturated carbocycles. The highest BCUT2D eigenvalue weighted by molar-refractivity contribution is 6.12. The summed E-state index contributed by atoms with van der Waals surface area (Å²) < 4.78 is 25.5. The van der Waals surface area contributed by atoms with Gasteiger partial charge in [-0.15, -0.1) is 0 Å². The highest BCUT2D eigenvalue weighted by Gasteiger charge is 2.34. The van der Waals surface area contributed by atoms with Gasteiger partial charge < -0.3 is 14.8 Å². The summed E-state index contributed by atoms with van der Waals surface area (Å²) in [5.74, 6) is 0.989. The topological polar surface area (TPSA) is 50.8 Å². The number of halogens is 1. The summed E-state index contributed by atoms with van der Waals surface area (Å²) in [6.07, 6.45) is -0.511. The number of nitrogens with one attached hydrogen (secondary N) is 1. The van der Waals surface area contributed by atoms with Crippen LogP contribution in [0.4, 0.5) is 15.8 Å². The Morgan fingerprint density at radius 3 is 2.47 bits per heavy atom. The predicted octanol–water partition coefficient (Wildman–Crippen LogP) is 6.80. The van der Waals surface area contributed by atoms with Crippen LogP contribution in [-0.2, 0) is 6.61 Å². The second-order valence-electron chi connectivity index (χ2n) is 8.80. The van der Waals surface area contributed by atoms with Crippen LogP contribution >= 0.6 is 0 Å². The minimum Gasteiger partial charge on any atom is -0.496 e. The number of methoxy groups -OCH3 is 1. The first kappa shape index (κ1) is 23.4. The first-order valence-corrected chi connectivity index (χ1v) is 11.8. The van der Waals surface area contributed by atoms with Crippen LogP contribution in [0.15, 0.2) is 84.9 Å². The van der Waals surface area contributed by atoms with Crippen LogP contribution in [-0.4, -0.2) is 13.0 Å². The van der Waals surface area contributed by atoms with E-state index in [4.69, 9.17) is 9.47 Å². The molecule has 6 heteroatoms. The lowest BCUT2D eigenvalue weighted by atomic mass is 10.0. The van der Waals surface area contributed by atoms with Crippen molar-refractivity contribution in [3.8, 4) is 11.5 Å². The molecule has 0 saturated heterocycles. The highest BCUT2D eigenvalue weighted by atomic mass is 19.1. The molecule has 0 radical (unpaired) electrons. The standard InChI is InChI=1S/C30H27FN2O3/c1-19-7-6-10-27(20(19)2)36-18-22-17-21(11-16-28(22)35-3)29-32-26-9-5-4-8-25(26)30(34)33(29)24-14-12-23(31)13-15-24/h4-17,29,32H,18H2,1-3H3. The maximum absolute atomic E-state index is 13.7. The van der Waals surface area contributed by atoms with Crippen LogP contribution in [0.1, 0.15) is 38.8 Å². The third kappa shape index (κ3) is 4.38. The summed E-state index contributed by atoms with van der Waals surface area (Å²) in [6.45, 7) is 4.39. The molecule has 1 N–H and O–H groups in total. The number of carbonyl (C=O) groups is 1. The van der Waals surface area contributed by atoms with E-state index in [2.05, 4.69) is 18.3 Å². The van der Waals surface area contributed by atoms with Gasteiger partial charge in [-0.05, 0) is 85.1 Å². The molecule has 1 atom stereocenters. The highest BCUT2D eigenvalue weighted by Crippen LogP contribution is 2.38. The predicted molar refractivity (Wildman–Crippen MR) is 139 cm³/mol. The summed E-state index contributed by atoms with van der Waals surface area (Å²) in [5, 5.41) is 3.49. The lowest BCUT2D eigenvalue weighted by Crippen LogP contribution is -2.43. The number of fused-ring (bicyclic) bond motifs is 1. The Bertz CT molecular complexity index is 1420. The number of aryl methyl sites for hydroxylation is 1. The van der Waals surface area contributed by atoms with Crippen molar-refractivity contribution in [3.05, 3.63) is 119 Å². The van der Waals surface area contributed by atoms with Gasteiger partial charge in [0.25, 0.3) is 5.91 Å². The fraction of sp³-hybridized carbons (Fsp3) is 0.167. The van der Waals surface area contributed by atoms with Crippen molar-refractivity contribution in [2.24, 2.45) is 0 Å². The van der Waals surface area contributed by atoms with E-state index in [0.29, 0.717) is 23.6 Å². The fourth-order valence-corrected chi connectivity index (χ4v) is 4.47. The number of rotatable bonds is 6. The van der Waals surface area contributed by atoms with Crippen molar-refractivity contribution >= 4 is 17.3 Å². The van der Waals surface area contributed by atoms with Crippen LogP contribution in [0.5, 0.6) is 11.5 Å². The van der Waals surface area contributed by atoms with Crippen molar-refractivity contribution in [2.45, 2.75) is 26.6 Å². The minimum atomic E-state index is -0.511. The molecule has 1 aliphatic heterocycles. The van der Waals surface area contributed by atoms with Crippen LogP contribution in [0.3, 0.4) is 0 Å². The molecule has 5 nitrogen and oxygen atoms in total. The SMILES string of the molecule is COc1ccc(C2Nc3ccccc3C(=O)N2c2ccc(F)cc2)cc1COc1cccc(C)c1C. The number of hydrogen-bond acceptors (Lipinski definition) is 4. The molecule has 1 aliphatic rings. The van der Waals surface area contributed by atoms with E-state index in [9.17, 15) is 9.18 Å². The minimum absolute atomic E-state index is 0.162. The van der Waals surface area contributed by atoms with Crippen molar-refractivity contribution in [2.75, 3.05) is 17.3 Å². The Morgan fingerprint density at radius 2 is 1.69 bits per heavy atom. The zero-order valence-electron chi connectivity index (χ0n) is 20.4. The zero-order chi connectivity index (χ0) is 25.2. The van der Waals surface area contributed by atoms with Gasteiger partial charge in [-0.2, -0.15) is 0 Å². The Hall–Kier alpha value is -4.32. The molecule has 0 spiro atoms. The normalized spacial score (nSPS) is 14.7. The molecule has 1 unspecified atom stereocenters. The van der Waals surface area contributed by atoms with Gasteiger partial charge in [0, 0.05) is 16.9 Å². The van der Waals surface area contributed by atoms with Gasteiger partial charge in [0.05, 0.1) is 12.7 Å². The van der Waals surface area contributed by atoms with Gasteiger partial charge >= 0.3 is 0 Å². The number of hydrogen-bond donors (Lipinski definition) is 1. The number of carbonyl (C=O) groups excluding carboxylic acids is 1. The molecule has 182 valence electrons. The molecular weight excluding hydrogens is 455 g/mol. The molecule has 1 heterocycles. The second kappa shape index (κ2) is 9.74. The van der Waals surface area contributed by atoms with Gasteiger partial charge in [0.2, 0.25) is 0 Å². The third-order valence-electron chi connectivity index (χ3n) is 6.59. The monoisotopic (exact) mass is 482 g/mol. The number of ether oxygens (including phenoxy) is 2. The molecule has 0 aromatic heterocycles. The van der Waals surface area contributed by atoms with E-state index in [-0.39, 0.29) is 11.7 Å². The van der Waals surface area contributed by atoms with Crippen molar-refractivity contribution in [3.63, 3.8) is 0 Å². The lowest BCUT2D eigenvalue weighted by Gasteiger charge is -2.38. The van der Waals surface area contributed by atoms with E-state index in [1.807, 2.05) is 55.5 Å². The third-order valence-corrected chi connectivity index (χ3v) is 6.59. The Balaban J connectivity index is 1.54. The van der Waals surface area contributed by atoms with E-state index in [0.717, 1.165) is 33.7 Å². The average Bonchev–Trinajstić information content (AvgIpc) is 2.90. The van der Waals surface area contributed by atoms with Crippen LogP contribution in [0.2, 0.25) is 0 Å². The summed E-state index contributed by atoms with van der Waals surface area (Å²) >= 11 is 0. The zero-order valence-corrected chi connectivity index (χ0v) is 20.4. The summed E-state index contributed by atoms with van der Waals surface area (Å²) in [6, 6.07) is 25.1. The number of benzene rings is 4. The summed E-state index contributed by atoms with van der Waals surface area (Å²) in [7, 11) is 1.62. The van der Waals surface area contributed by atoms with Crippen LogP contribution < -0.4 is 19.7 Å². The van der Waals surface area contributed by atoms with Crippen molar-refractivity contribution in [1.29, 1.82) is 0 Å². The number of para-hydroxylation sites is 1. The lowest BCUT2D eigenvalue weighted by molar-refractivity contribution is 0.0975. The van der Waals surface area contributed by atoms with E-state index < -0.39 is 6.17 Å². The largest absolute Gasteiger partial charge is 0.496 e. The number of amides is 1. The molecule has 4 aromatic carbocycles. The molecule has 0 fully saturated rings. The van der Waals surface area contributed by atoms with Crippen LogP contribution in [0.25, 0.3) is 0 Å². The second-order valence-corrected chi connectivity index (χ2v) is 8.80. The van der Waals surface area contributed by atoms with Crippen molar-refractivity contribution in [1.82, 2.24) is 0 Å². The molecule has 5 rings (SSSR count). The molecule has 4 aromatic rings. The van der Waals surface area contributed by atoms with Gasteiger partial charge in [0.1, 0.15) is 30.1 Å². The van der Waals surface area contributed by atoms with Crippen LogP contribution in [0, 0.1) is 19.7 Å². The van der Waals surface area contributed by atoms with Gasteiger partial charge in [-0.3, -0.25) is 9.69 Å². The maximum atomic E-state index is 13.7. The van der Waals surface area contributed by atoms with E-state index in [1.54, 1.807) is 30.2 Å². The van der Waals surface area contributed by atoms with Gasteiger partial charge in [0.15, 0.2) is 0 Å². The average molecular weight is 483 g/mol. The quantitative estimate of drug-likeness (QED) is 0.328. The number of nitrogens with zero attached hydrogens (tertiary/aromatic N) is 1. The molecular formula is C30H27FN2O3.